The van der Waals surface area contributed by atoms with E-state index in [1.165, 1.54) is 0 Å². The summed E-state index contributed by atoms with van der Waals surface area (Å²) in [6.07, 6.45) is 4.49. The second kappa shape index (κ2) is 8.71. The molecule has 0 aliphatic carbocycles. The van der Waals surface area contributed by atoms with Gasteiger partial charge in [0.25, 0.3) is 5.91 Å². The fourth-order valence-corrected chi connectivity index (χ4v) is 2.43. The molecule has 0 atom stereocenters. The third kappa shape index (κ3) is 4.86. The van der Waals surface area contributed by atoms with Crippen molar-refractivity contribution in [1.29, 1.82) is 0 Å². The lowest BCUT2D eigenvalue weighted by atomic mass is 10.2. The minimum absolute atomic E-state index is 0.0182. The second-order valence-corrected chi connectivity index (χ2v) is 5.69. The molecule has 0 fully saturated rings. The minimum atomic E-state index is -0.156. The summed E-state index contributed by atoms with van der Waals surface area (Å²) < 4.78 is 12.3. The van der Waals surface area contributed by atoms with Crippen LogP contribution in [0.3, 0.4) is 0 Å². The molecule has 1 heterocycles. The van der Waals surface area contributed by atoms with Crippen LogP contribution in [0.4, 0.5) is 0 Å². The van der Waals surface area contributed by atoms with Gasteiger partial charge in [-0.2, -0.15) is 5.10 Å². The Balaban J connectivity index is 1.40. The summed E-state index contributed by atoms with van der Waals surface area (Å²) in [7, 11) is 1.60. The van der Waals surface area contributed by atoms with Crippen molar-refractivity contribution in [1.82, 2.24) is 15.1 Å². The number of carbonyl (C=O) groups is 1. The normalized spacial score (nSPS) is 10.3. The van der Waals surface area contributed by atoms with Crippen LogP contribution in [0.1, 0.15) is 5.56 Å². The number of nitrogens with one attached hydrogen (secondary N) is 1. The first-order valence-corrected chi connectivity index (χ1v) is 8.37. The zero-order chi connectivity index (χ0) is 18.2. The average molecular weight is 351 g/mol. The minimum Gasteiger partial charge on any atom is -0.497 e. The number of ether oxygens (including phenoxy) is 2. The number of aromatic nitrogens is 2. The zero-order valence-corrected chi connectivity index (χ0v) is 14.6. The van der Waals surface area contributed by atoms with Gasteiger partial charge >= 0.3 is 0 Å². The third-order valence-electron chi connectivity index (χ3n) is 3.82. The molecule has 134 valence electrons. The number of rotatable bonds is 8. The highest BCUT2D eigenvalue weighted by Gasteiger charge is 2.05. The predicted molar refractivity (Wildman–Crippen MR) is 98.8 cm³/mol. The molecular formula is C20H21N3O3. The standard InChI is InChI=1S/C20H21N3O3/c1-25-18-7-9-19(10-8-18)26-15-20(24)21-12-11-16-13-22-23(14-16)17-5-3-2-4-6-17/h2-10,13-14H,11-12,15H2,1H3,(H,21,24). The third-order valence-corrected chi connectivity index (χ3v) is 3.82. The van der Waals surface area contributed by atoms with Gasteiger partial charge in [-0.25, -0.2) is 4.68 Å². The van der Waals surface area contributed by atoms with E-state index in [1.54, 1.807) is 31.4 Å². The van der Waals surface area contributed by atoms with E-state index in [-0.39, 0.29) is 12.5 Å². The van der Waals surface area contributed by atoms with Crippen LogP contribution in [-0.2, 0) is 11.2 Å². The highest BCUT2D eigenvalue weighted by molar-refractivity contribution is 5.77. The molecule has 0 spiro atoms. The SMILES string of the molecule is COc1ccc(OCC(=O)NCCc2cnn(-c3ccccc3)c2)cc1. The molecule has 0 bridgehead atoms. The highest BCUT2D eigenvalue weighted by atomic mass is 16.5. The van der Waals surface area contributed by atoms with Crippen molar-refractivity contribution in [2.24, 2.45) is 0 Å². The van der Waals surface area contributed by atoms with Gasteiger partial charge in [0.05, 0.1) is 19.0 Å². The van der Waals surface area contributed by atoms with E-state index in [9.17, 15) is 4.79 Å². The summed E-state index contributed by atoms with van der Waals surface area (Å²) in [5.74, 6) is 1.22. The lowest BCUT2D eigenvalue weighted by molar-refractivity contribution is -0.123. The molecule has 0 unspecified atom stereocenters. The van der Waals surface area contributed by atoms with Gasteiger partial charge < -0.3 is 14.8 Å². The lowest BCUT2D eigenvalue weighted by Gasteiger charge is -2.07. The molecule has 1 N–H and O–H groups in total. The van der Waals surface area contributed by atoms with Gasteiger partial charge in [-0.15, -0.1) is 0 Å². The van der Waals surface area contributed by atoms with Crippen LogP contribution in [0.15, 0.2) is 67.0 Å². The molecule has 3 aromatic rings. The van der Waals surface area contributed by atoms with E-state index in [0.29, 0.717) is 18.7 Å². The highest BCUT2D eigenvalue weighted by Crippen LogP contribution is 2.16. The molecule has 0 aliphatic rings. The molecule has 1 aromatic heterocycles. The van der Waals surface area contributed by atoms with Crippen LogP contribution in [0.2, 0.25) is 0 Å². The monoisotopic (exact) mass is 351 g/mol. The van der Waals surface area contributed by atoms with Gasteiger partial charge in [0.1, 0.15) is 11.5 Å². The van der Waals surface area contributed by atoms with E-state index >= 15 is 0 Å². The molecule has 1 amide bonds. The van der Waals surface area contributed by atoms with Crippen LogP contribution in [0.5, 0.6) is 11.5 Å². The van der Waals surface area contributed by atoms with Gasteiger partial charge in [0.15, 0.2) is 6.61 Å². The van der Waals surface area contributed by atoms with Crippen molar-refractivity contribution in [3.8, 4) is 17.2 Å². The molecule has 6 heteroatoms. The molecule has 26 heavy (non-hydrogen) atoms. The van der Waals surface area contributed by atoms with Crippen molar-refractivity contribution in [3.05, 3.63) is 72.6 Å². The Kier molecular flexibility index (Phi) is 5.88. The summed E-state index contributed by atoms with van der Waals surface area (Å²) in [6, 6.07) is 17.0. The Hall–Kier alpha value is -3.28. The molecule has 6 nitrogen and oxygen atoms in total. The number of hydrogen-bond acceptors (Lipinski definition) is 4. The topological polar surface area (TPSA) is 65.4 Å². The van der Waals surface area contributed by atoms with Crippen molar-refractivity contribution in [2.45, 2.75) is 6.42 Å². The molecule has 0 saturated carbocycles. The van der Waals surface area contributed by atoms with Crippen LogP contribution in [-0.4, -0.2) is 35.9 Å². The van der Waals surface area contributed by atoms with E-state index in [1.807, 2.05) is 47.4 Å². The van der Waals surface area contributed by atoms with Gasteiger partial charge in [0.2, 0.25) is 0 Å². The van der Waals surface area contributed by atoms with E-state index in [4.69, 9.17) is 9.47 Å². The van der Waals surface area contributed by atoms with Gasteiger partial charge in [-0.3, -0.25) is 4.79 Å². The lowest BCUT2D eigenvalue weighted by Crippen LogP contribution is -2.30. The Morgan fingerprint density at radius 3 is 2.54 bits per heavy atom. The van der Waals surface area contributed by atoms with Crippen LogP contribution < -0.4 is 14.8 Å². The van der Waals surface area contributed by atoms with Crippen molar-refractivity contribution in [2.75, 3.05) is 20.3 Å². The van der Waals surface area contributed by atoms with Gasteiger partial charge in [-0.1, -0.05) is 18.2 Å². The fourth-order valence-electron chi connectivity index (χ4n) is 2.43. The summed E-state index contributed by atoms with van der Waals surface area (Å²) in [5.41, 5.74) is 2.07. The maximum Gasteiger partial charge on any atom is 0.257 e. The first-order chi connectivity index (χ1) is 12.7. The van der Waals surface area contributed by atoms with Gasteiger partial charge in [0, 0.05) is 12.7 Å². The zero-order valence-electron chi connectivity index (χ0n) is 14.6. The largest absolute Gasteiger partial charge is 0.497 e. The Morgan fingerprint density at radius 1 is 1.08 bits per heavy atom. The molecule has 0 radical (unpaired) electrons. The van der Waals surface area contributed by atoms with E-state index in [0.717, 1.165) is 17.0 Å². The number of hydrogen-bond donors (Lipinski definition) is 1. The van der Waals surface area contributed by atoms with E-state index in [2.05, 4.69) is 10.4 Å². The van der Waals surface area contributed by atoms with Crippen molar-refractivity contribution < 1.29 is 14.3 Å². The van der Waals surface area contributed by atoms with Crippen LogP contribution in [0.25, 0.3) is 5.69 Å². The number of para-hydroxylation sites is 1. The molecule has 0 aliphatic heterocycles. The molecule has 3 rings (SSSR count). The number of methoxy groups -OCH3 is 1. The molecular weight excluding hydrogens is 330 g/mol. The molecule has 0 saturated heterocycles. The summed E-state index contributed by atoms with van der Waals surface area (Å²) in [6.45, 7) is 0.515. The Bertz CT molecular complexity index is 829. The summed E-state index contributed by atoms with van der Waals surface area (Å²) >= 11 is 0. The smallest absolute Gasteiger partial charge is 0.257 e. The average Bonchev–Trinajstić information content (AvgIpc) is 3.16. The first-order valence-electron chi connectivity index (χ1n) is 8.37. The maximum atomic E-state index is 11.9. The van der Waals surface area contributed by atoms with E-state index < -0.39 is 0 Å². The first kappa shape index (κ1) is 17.5. The molecule has 2 aromatic carbocycles. The van der Waals surface area contributed by atoms with Crippen molar-refractivity contribution in [3.63, 3.8) is 0 Å². The van der Waals surface area contributed by atoms with Crippen LogP contribution >= 0.6 is 0 Å². The fraction of sp³-hybridized carbons (Fsp3) is 0.200. The predicted octanol–water partition coefficient (Wildman–Crippen LogP) is 2.62. The Morgan fingerprint density at radius 2 is 1.81 bits per heavy atom. The number of nitrogens with zero attached hydrogens (tertiary/aromatic N) is 2. The second-order valence-electron chi connectivity index (χ2n) is 5.69. The maximum absolute atomic E-state index is 11.9. The van der Waals surface area contributed by atoms with Gasteiger partial charge in [-0.05, 0) is 48.4 Å². The number of benzene rings is 2. The summed E-state index contributed by atoms with van der Waals surface area (Å²) in [4.78, 5) is 11.9. The number of carbonyl (C=O) groups excluding carboxylic acids is 1. The van der Waals surface area contributed by atoms with Crippen LogP contribution in [0, 0.1) is 0 Å². The number of amides is 1. The summed E-state index contributed by atoms with van der Waals surface area (Å²) in [5, 5.41) is 7.19. The quantitative estimate of drug-likeness (QED) is 0.677. The van der Waals surface area contributed by atoms with Crippen molar-refractivity contribution >= 4 is 5.91 Å². The Labute approximate surface area is 152 Å².